The lowest BCUT2D eigenvalue weighted by atomic mass is 10.2. The molecule has 0 aliphatic rings. The number of rotatable bonds is 6. The maximum Gasteiger partial charge on any atom is 0.146 e. The Kier molecular flexibility index (Phi) is 4.47. The van der Waals surface area contributed by atoms with Crippen LogP contribution >= 0.6 is 0 Å². The van der Waals surface area contributed by atoms with Crippen molar-refractivity contribution in [3.8, 4) is 11.5 Å². The van der Waals surface area contributed by atoms with Gasteiger partial charge in [0.15, 0.2) is 0 Å². The predicted molar refractivity (Wildman–Crippen MR) is 73.5 cm³/mol. The fourth-order valence-electron chi connectivity index (χ4n) is 1.82. The van der Waals surface area contributed by atoms with Crippen molar-refractivity contribution >= 4 is 0 Å². The summed E-state index contributed by atoms with van der Waals surface area (Å²) in [4.78, 5) is 0. The highest BCUT2D eigenvalue weighted by Gasteiger charge is 2.07. The third kappa shape index (κ3) is 3.51. The molecule has 0 amide bonds. The summed E-state index contributed by atoms with van der Waals surface area (Å²) in [6, 6.07) is 9.51. The summed E-state index contributed by atoms with van der Waals surface area (Å²) in [7, 11) is 3.54. The Hall–Kier alpha value is -1.94. The molecule has 0 saturated carbocycles. The minimum Gasteiger partial charge on any atom is -0.497 e. The molecular formula is C15H19NO3. The van der Waals surface area contributed by atoms with E-state index >= 15 is 0 Å². The molecule has 1 heterocycles. The summed E-state index contributed by atoms with van der Waals surface area (Å²) in [5.41, 5.74) is 1.14. The first-order chi connectivity index (χ1) is 9.22. The third-order valence-corrected chi connectivity index (χ3v) is 2.85. The Balaban J connectivity index is 1.95. The Bertz CT molecular complexity index is 517. The average molecular weight is 261 g/mol. The van der Waals surface area contributed by atoms with E-state index in [4.69, 9.17) is 13.9 Å². The standard InChI is InChI=1S/C15H19NO3/c1-11-8-14(19-15(11)9-16-2)10-18-13-6-4-12(17-3)5-7-13/h4-8,16H,9-10H2,1-3H3. The number of nitrogens with one attached hydrogen (secondary N) is 1. The number of furan rings is 1. The van der Waals surface area contributed by atoms with E-state index in [1.165, 1.54) is 0 Å². The minimum absolute atomic E-state index is 0.427. The number of hydrogen-bond acceptors (Lipinski definition) is 4. The van der Waals surface area contributed by atoms with E-state index in [2.05, 4.69) is 5.32 Å². The average Bonchev–Trinajstić information content (AvgIpc) is 2.78. The Morgan fingerprint density at radius 3 is 2.47 bits per heavy atom. The SMILES string of the molecule is CNCc1oc(COc2ccc(OC)cc2)cc1C. The molecule has 4 nitrogen and oxygen atoms in total. The van der Waals surface area contributed by atoms with Crippen molar-refractivity contribution < 1.29 is 13.9 Å². The van der Waals surface area contributed by atoms with Gasteiger partial charge in [-0.1, -0.05) is 0 Å². The van der Waals surface area contributed by atoms with Gasteiger partial charge in [0, 0.05) is 0 Å². The zero-order chi connectivity index (χ0) is 13.7. The summed E-state index contributed by atoms with van der Waals surface area (Å²) in [5.74, 6) is 3.40. The molecule has 0 bridgehead atoms. The van der Waals surface area contributed by atoms with E-state index in [9.17, 15) is 0 Å². The van der Waals surface area contributed by atoms with E-state index in [0.29, 0.717) is 6.61 Å². The first kappa shape index (κ1) is 13.5. The first-order valence-electron chi connectivity index (χ1n) is 6.22. The summed E-state index contributed by atoms with van der Waals surface area (Å²) >= 11 is 0. The zero-order valence-electron chi connectivity index (χ0n) is 11.5. The molecule has 0 spiro atoms. The van der Waals surface area contributed by atoms with Gasteiger partial charge in [0.2, 0.25) is 0 Å². The molecule has 0 radical (unpaired) electrons. The highest BCUT2D eigenvalue weighted by Crippen LogP contribution is 2.20. The maximum atomic E-state index is 5.71. The quantitative estimate of drug-likeness (QED) is 0.868. The van der Waals surface area contributed by atoms with Crippen molar-refractivity contribution in [1.29, 1.82) is 0 Å². The first-order valence-corrected chi connectivity index (χ1v) is 6.22. The molecule has 0 saturated heterocycles. The molecule has 0 fully saturated rings. The van der Waals surface area contributed by atoms with Crippen LogP contribution in [0.25, 0.3) is 0 Å². The molecule has 102 valence electrons. The van der Waals surface area contributed by atoms with Gasteiger partial charge >= 0.3 is 0 Å². The van der Waals surface area contributed by atoms with Gasteiger partial charge in [-0.2, -0.15) is 0 Å². The Morgan fingerprint density at radius 2 is 1.84 bits per heavy atom. The molecule has 0 aliphatic carbocycles. The number of benzene rings is 1. The third-order valence-electron chi connectivity index (χ3n) is 2.85. The van der Waals surface area contributed by atoms with Gasteiger partial charge in [0.05, 0.1) is 13.7 Å². The van der Waals surface area contributed by atoms with Gasteiger partial charge < -0.3 is 19.2 Å². The van der Waals surface area contributed by atoms with Gasteiger partial charge in [-0.25, -0.2) is 0 Å². The van der Waals surface area contributed by atoms with Crippen LogP contribution in [0.2, 0.25) is 0 Å². The van der Waals surface area contributed by atoms with E-state index in [0.717, 1.165) is 35.1 Å². The summed E-state index contributed by atoms with van der Waals surface area (Å²) < 4.78 is 16.5. The molecule has 1 aromatic carbocycles. The Morgan fingerprint density at radius 1 is 1.16 bits per heavy atom. The smallest absolute Gasteiger partial charge is 0.146 e. The van der Waals surface area contributed by atoms with Gasteiger partial charge in [-0.05, 0) is 49.9 Å². The summed E-state index contributed by atoms with van der Waals surface area (Å²) in [5, 5.41) is 3.08. The van der Waals surface area contributed by atoms with Gasteiger partial charge in [-0.3, -0.25) is 0 Å². The molecule has 19 heavy (non-hydrogen) atoms. The van der Waals surface area contributed by atoms with Crippen LogP contribution in [0.5, 0.6) is 11.5 Å². The lowest BCUT2D eigenvalue weighted by molar-refractivity contribution is 0.265. The van der Waals surface area contributed by atoms with E-state index in [1.54, 1.807) is 7.11 Å². The zero-order valence-corrected chi connectivity index (χ0v) is 11.5. The second-order valence-corrected chi connectivity index (χ2v) is 4.31. The highest BCUT2D eigenvalue weighted by atomic mass is 16.5. The topological polar surface area (TPSA) is 43.6 Å². The van der Waals surface area contributed by atoms with Gasteiger partial charge in [0.1, 0.15) is 29.6 Å². The van der Waals surface area contributed by atoms with Crippen LogP contribution in [0.15, 0.2) is 34.7 Å². The molecule has 1 N–H and O–H groups in total. The van der Waals surface area contributed by atoms with Crippen LogP contribution in [0, 0.1) is 6.92 Å². The molecule has 0 atom stereocenters. The number of ether oxygens (including phenoxy) is 2. The van der Waals surface area contributed by atoms with E-state index in [1.807, 2.05) is 44.3 Å². The highest BCUT2D eigenvalue weighted by molar-refractivity contribution is 5.31. The predicted octanol–water partition coefficient (Wildman–Crippen LogP) is 2.90. The van der Waals surface area contributed by atoms with Crippen molar-refractivity contribution in [3.05, 3.63) is 47.4 Å². The molecule has 1 aromatic heterocycles. The summed E-state index contributed by atoms with van der Waals surface area (Å²) in [6.45, 7) is 3.19. The fraction of sp³-hybridized carbons (Fsp3) is 0.333. The van der Waals surface area contributed by atoms with E-state index in [-0.39, 0.29) is 0 Å². The maximum absolute atomic E-state index is 5.71. The molecule has 2 rings (SSSR count). The van der Waals surface area contributed by atoms with Crippen molar-refractivity contribution in [2.45, 2.75) is 20.1 Å². The monoisotopic (exact) mass is 261 g/mol. The Labute approximate surface area is 113 Å². The molecule has 2 aromatic rings. The molecule has 0 unspecified atom stereocenters. The van der Waals surface area contributed by atoms with Crippen LogP contribution in [0.1, 0.15) is 17.1 Å². The van der Waals surface area contributed by atoms with Crippen LogP contribution in [0.3, 0.4) is 0 Å². The van der Waals surface area contributed by atoms with Crippen molar-refractivity contribution in [2.24, 2.45) is 0 Å². The lowest BCUT2D eigenvalue weighted by Crippen LogP contribution is -2.04. The van der Waals surface area contributed by atoms with Crippen LogP contribution in [0.4, 0.5) is 0 Å². The largest absolute Gasteiger partial charge is 0.497 e. The van der Waals surface area contributed by atoms with Gasteiger partial charge in [0.25, 0.3) is 0 Å². The minimum atomic E-state index is 0.427. The lowest BCUT2D eigenvalue weighted by Gasteiger charge is -2.05. The van der Waals surface area contributed by atoms with Gasteiger partial charge in [-0.15, -0.1) is 0 Å². The molecule has 0 aliphatic heterocycles. The fourth-order valence-corrected chi connectivity index (χ4v) is 1.82. The second kappa shape index (κ2) is 6.29. The molecular weight excluding hydrogens is 242 g/mol. The van der Waals surface area contributed by atoms with Crippen LogP contribution < -0.4 is 14.8 Å². The van der Waals surface area contributed by atoms with Crippen molar-refractivity contribution in [1.82, 2.24) is 5.32 Å². The van der Waals surface area contributed by atoms with Crippen LogP contribution in [-0.4, -0.2) is 14.2 Å². The van der Waals surface area contributed by atoms with E-state index < -0.39 is 0 Å². The number of methoxy groups -OCH3 is 1. The number of aryl methyl sites for hydroxylation is 1. The summed E-state index contributed by atoms with van der Waals surface area (Å²) in [6.07, 6.45) is 0. The van der Waals surface area contributed by atoms with Crippen molar-refractivity contribution in [2.75, 3.05) is 14.2 Å². The van der Waals surface area contributed by atoms with Crippen molar-refractivity contribution in [3.63, 3.8) is 0 Å². The normalized spacial score (nSPS) is 10.5. The van der Waals surface area contributed by atoms with Crippen LogP contribution in [-0.2, 0) is 13.2 Å². The molecule has 4 heteroatoms. The number of hydrogen-bond donors (Lipinski definition) is 1. The second-order valence-electron chi connectivity index (χ2n) is 4.31.